The molecule has 0 aliphatic rings. The monoisotopic (exact) mass is 400 g/mol. The van der Waals surface area contributed by atoms with Crippen molar-refractivity contribution >= 4 is 17.3 Å². The molecule has 0 saturated carbocycles. The van der Waals surface area contributed by atoms with Gasteiger partial charge in [0.15, 0.2) is 5.11 Å². The van der Waals surface area contributed by atoms with Crippen molar-refractivity contribution < 1.29 is 10.2 Å². The van der Waals surface area contributed by atoms with Crippen LogP contribution in [0.15, 0.2) is 60.7 Å². The van der Waals surface area contributed by atoms with E-state index in [4.69, 9.17) is 18.0 Å². The molecule has 0 spiro atoms. The van der Waals surface area contributed by atoms with E-state index in [1.54, 1.807) is 0 Å². The van der Waals surface area contributed by atoms with Gasteiger partial charge in [-0.25, -0.2) is 0 Å². The number of rotatable bonds is 10. The Bertz CT molecular complexity index is 683. The summed E-state index contributed by atoms with van der Waals surface area (Å²) in [7, 11) is 0. The number of nitrogens with zero attached hydrogens (tertiary/aromatic N) is 1. The van der Waals surface area contributed by atoms with Gasteiger partial charge in [-0.3, -0.25) is 0 Å². The third kappa shape index (κ3) is 5.53. The molecule has 2 atom stereocenters. The van der Waals surface area contributed by atoms with E-state index < -0.39 is 0 Å². The lowest BCUT2D eigenvalue weighted by Crippen LogP contribution is -2.42. The molecule has 2 rings (SSSR count). The number of benzene rings is 2. The SMILES string of the molecule is CC(CO)(CCN(CCC(C)(CO)c1ccccc1)C(N)=S)c1ccccc1. The molecule has 0 radical (unpaired) electrons. The standard InChI is InChI=1S/C23H32N2O2S/c1-22(17-26,19-9-5-3-6-10-19)13-15-25(21(24)28)16-14-23(2,18-27)20-11-7-4-8-12-20/h3-12,26-27H,13-18H2,1-2H3,(H2,24,28). The molecule has 0 aromatic heterocycles. The highest BCUT2D eigenvalue weighted by Gasteiger charge is 2.29. The van der Waals surface area contributed by atoms with Crippen molar-refractivity contribution in [2.75, 3.05) is 26.3 Å². The number of nitrogens with two attached hydrogens (primary N) is 1. The van der Waals surface area contributed by atoms with Gasteiger partial charge in [-0.1, -0.05) is 74.5 Å². The number of thiocarbonyl (C=S) groups is 1. The van der Waals surface area contributed by atoms with Crippen LogP contribution in [-0.2, 0) is 10.8 Å². The normalized spacial score (nSPS) is 15.4. The first-order chi connectivity index (χ1) is 13.3. The molecule has 0 amide bonds. The van der Waals surface area contributed by atoms with E-state index in [9.17, 15) is 10.2 Å². The zero-order chi connectivity index (χ0) is 20.6. The lowest BCUT2D eigenvalue weighted by Gasteiger charge is -2.34. The van der Waals surface area contributed by atoms with E-state index >= 15 is 0 Å². The molecule has 0 bridgehead atoms. The average Bonchev–Trinajstić information content (AvgIpc) is 2.74. The van der Waals surface area contributed by atoms with Crippen molar-refractivity contribution in [3.8, 4) is 0 Å². The maximum Gasteiger partial charge on any atom is 0.166 e. The molecule has 28 heavy (non-hydrogen) atoms. The van der Waals surface area contributed by atoms with Crippen LogP contribution in [0.5, 0.6) is 0 Å². The maximum atomic E-state index is 10.0. The van der Waals surface area contributed by atoms with Gasteiger partial charge in [-0.15, -0.1) is 0 Å². The summed E-state index contributed by atoms with van der Waals surface area (Å²) in [6.07, 6.45) is 1.46. The summed E-state index contributed by atoms with van der Waals surface area (Å²) in [6.45, 7) is 5.53. The van der Waals surface area contributed by atoms with Gasteiger partial charge >= 0.3 is 0 Å². The second kappa shape index (κ2) is 10.0. The molecule has 2 aromatic carbocycles. The van der Waals surface area contributed by atoms with Gasteiger partial charge in [0.25, 0.3) is 0 Å². The minimum Gasteiger partial charge on any atom is -0.395 e. The third-order valence-electron chi connectivity index (χ3n) is 5.82. The average molecular weight is 401 g/mol. The van der Waals surface area contributed by atoms with Crippen LogP contribution in [0.3, 0.4) is 0 Å². The van der Waals surface area contributed by atoms with E-state index in [1.165, 1.54) is 0 Å². The third-order valence-corrected chi connectivity index (χ3v) is 6.08. The molecule has 2 unspecified atom stereocenters. The molecule has 4 N–H and O–H groups in total. The van der Waals surface area contributed by atoms with Gasteiger partial charge in [-0.05, 0) is 36.2 Å². The molecule has 152 valence electrons. The first kappa shape index (κ1) is 22.3. The fraction of sp³-hybridized carbons (Fsp3) is 0.435. The smallest absolute Gasteiger partial charge is 0.166 e. The Morgan fingerprint density at radius 3 is 1.46 bits per heavy atom. The minimum absolute atomic E-state index is 0.0561. The van der Waals surface area contributed by atoms with Crippen molar-refractivity contribution in [1.29, 1.82) is 0 Å². The van der Waals surface area contributed by atoms with Crippen LogP contribution >= 0.6 is 12.2 Å². The highest BCUT2D eigenvalue weighted by molar-refractivity contribution is 7.80. The van der Waals surface area contributed by atoms with Crippen LogP contribution in [0.25, 0.3) is 0 Å². The van der Waals surface area contributed by atoms with E-state index in [2.05, 4.69) is 13.8 Å². The van der Waals surface area contributed by atoms with E-state index in [0.29, 0.717) is 18.2 Å². The topological polar surface area (TPSA) is 69.7 Å². The van der Waals surface area contributed by atoms with Crippen LogP contribution in [-0.4, -0.2) is 46.5 Å². The zero-order valence-corrected chi connectivity index (χ0v) is 17.7. The van der Waals surface area contributed by atoms with Gasteiger partial charge in [-0.2, -0.15) is 0 Å². The van der Waals surface area contributed by atoms with Gasteiger partial charge in [0.05, 0.1) is 13.2 Å². The Morgan fingerprint density at radius 2 is 1.18 bits per heavy atom. The van der Waals surface area contributed by atoms with Crippen LogP contribution < -0.4 is 5.73 Å². The van der Waals surface area contributed by atoms with Crippen molar-refractivity contribution in [2.45, 2.75) is 37.5 Å². The van der Waals surface area contributed by atoms with E-state index in [0.717, 1.165) is 24.0 Å². The van der Waals surface area contributed by atoms with Crippen LogP contribution in [0.4, 0.5) is 0 Å². The molecule has 0 saturated heterocycles. The molecule has 5 heteroatoms. The number of hydrogen-bond donors (Lipinski definition) is 3. The Labute approximate surface area is 174 Å². The molecule has 0 fully saturated rings. The second-order valence-corrected chi connectivity index (χ2v) is 8.41. The van der Waals surface area contributed by atoms with Crippen molar-refractivity contribution in [3.63, 3.8) is 0 Å². The van der Waals surface area contributed by atoms with E-state index in [1.807, 2.05) is 65.6 Å². The van der Waals surface area contributed by atoms with Crippen molar-refractivity contribution in [2.24, 2.45) is 5.73 Å². The summed E-state index contributed by atoms with van der Waals surface area (Å²) >= 11 is 5.28. The van der Waals surface area contributed by atoms with Gasteiger partial charge < -0.3 is 20.8 Å². The predicted molar refractivity (Wildman–Crippen MR) is 119 cm³/mol. The highest BCUT2D eigenvalue weighted by Crippen LogP contribution is 2.29. The molecule has 4 nitrogen and oxygen atoms in total. The van der Waals surface area contributed by atoms with E-state index in [-0.39, 0.29) is 24.0 Å². The van der Waals surface area contributed by atoms with Gasteiger partial charge in [0.1, 0.15) is 0 Å². The molecule has 0 heterocycles. The Kier molecular flexibility index (Phi) is 7.98. The first-order valence-corrected chi connectivity index (χ1v) is 10.1. The predicted octanol–water partition coefficient (Wildman–Crippen LogP) is 3.21. The van der Waals surface area contributed by atoms with Crippen LogP contribution in [0.1, 0.15) is 37.8 Å². The largest absolute Gasteiger partial charge is 0.395 e. The summed E-state index contributed by atoms with van der Waals surface area (Å²) in [4.78, 5) is 1.98. The van der Waals surface area contributed by atoms with Crippen molar-refractivity contribution in [3.05, 3.63) is 71.8 Å². The quantitative estimate of drug-likeness (QED) is 0.534. The molecular formula is C23H32N2O2S. The number of aliphatic hydroxyl groups excluding tert-OH is 2. The molecule has 0 aliphatic heterocycles. The van der Waals surface area contributed by atoms with Crippen LogP contribution in [0, 0.1) is 0 Å². The van der Waals surface area contributed by atoms with Gasteiger partial charge in [0.2, 0.25) is 0 Å². The Hall–Kier alpha value is -1.95. The second-order valence-electron chi connectivity index (χ2n) is 7.99. The highest BCUT2D eigenvalue weighted by atomic mass is 32.1. The molecule has 2 aromatic rings. The zero-order valence-electron chi connectivity index (χ0n) is 16.8. The fourth-order valence-corrected chi connectivity index (χ4v) is 3.59. The summed E-state index contributed by atoms with van der Waals surface area (Å²) in [5, 5.41) is 20.4. The summed E-state index contributed by atoms with van der Waals surface area (Å²) in [5.41, 5.74) is 7.48. The summed E-state index contributed by atoms with van der Waals surface area (Å²) in [6, 6.07) is 20.1. The van der Waals surface area contributed by atoms with Crippen molar-refractivity contribution in [1.82, 2.24) is 4.90 Å². The van der Waals surface area contributed by atoms with Crippen LogP contribution in [0.2, 0.25) is 0 Å². The molecular weight excluding hydrogens is 368 g/mol. The lowest BCUT2D eigenvalue weighted by molar-refractivity contribution is 0.173. The number of aliphatic hydroxyl groups is 2. The maximum absolute atomic E-state index is 10.0. The Balaban J connectivity index is 2.06. The first-order valence-electron chi connectivity index (χ1n) is 9.72. The Morgan fingerprint density at radius 1 is 0.821 bits per heavy atom. The van der Waals surface area contributed by atoms with Gasteiger partial charge in [0, 0.05) is 23.9 Å². The lowest BCUT2D eigenvalue weighted by atomic mass is 9.79. The fourth-order valence-electron chi connectivity index (χ4n) is 3.41. The molecule has 0 aliphatic carbocycles. The minimum atomic E-state index is -0.357. The summed E-state index contributed by atoms with van der Waals surface area (Å²) < 4.78 is 0. The number of hydrogen-bond acceptors (Lipinski definition) is 3. The summed E-state index contributed by atoms with van der Waals surface area (Å²) in [5.74, 6) is 0.